The molecule has 0 fully saturated rings. The van der Waals surface area contributed by atoms with Gasteiger partial charge in [0, 0.05) is 5.57 Å². The van der Waals surface area contributed by atoms with Gasteiger partial charge in [-0.1, -0.05) is 0 Å². The number of rotatable bonds is 2. The van der Waals surface area contributed by atoms with Gasteiger partial charge in [0.1, 0.15) is 0 Å². The van der Waals surface area contributed by atoms with Crippen LogP contribution in [0, 0.1) is 0 Å². The van der Waals surface area contributed by atoms with Gasteiger partial charge in [-0.05, 0) is 13.8 Å². The largest absolute Gasteiger partial charge is 0.877 e. The molecule has 0 aliphatic heterocycles. The maximum Gasteiger partial charge on any atom is 0.162 e. The summed E-state index contributed by atoms with van der Waals surface area (Å²) in [6.07, 6.45) is 0.282. The lowest BCUT2D eigenvalue weighted by molar-refractivity contribution is -0.275. The molecule has 50 valence electrons. The summed E-state index contributed by atoms with van der Waals surface area (Å²) in [7, 11) is 0. The highest BCUT2D eigenvalue weighted by Gasteiger charge is 2.04. The second-order valence-corrected chi connectivity index (χ2v) is 1.64. The molecule has 0 radical (unpaired) electrons. The Morgan fingerprint density at radius 2 is 1.56 bits per heavy atom. The van der Waals surface area contributed by atoms with Gasteiger partial charge in [0.25, 0.3) is 0 Å². The van der Waals surface area contributed by atoms with Gasteiger partial charge < -0.3 is 5.11 Å². The van der Waals surface area contributed by atoms with Crippen LogP contribution in [0.15, 0.2) is 11.8 Å². The number of allylic oxidation sites excluding steroid dienone is 1. The lowest BCUT2D eigenvalue weighted by Crippen LogP contribution is -2.09. The number of Topliss-reactive ketones (excluding diaryl/α,β-unsaturated/α-hetero) is 2. The molecule has 0 bridgehead atoms. The highest BCUT2D eigenvalue weighted by atomic mass is 16.2. The van der Waals surface area contributed by atoms with Crippen LogP contribution < -0.4 is 5.11 Å². The van der Waals surface area contributed by atoms with Crippen LogP contribution in [0.5, 0.6) is 0 Å². The smallest absolute Gasteiger partial charge is 0.162 e. The van der Waals surface area contributed by atoms with Crippen molar-refractivity contribution in [3.63, 3.8) is 0 Å². The first-order valence-corrected chi connectivity index (χ1v) is 2.43. The third-order valence-corrected chi connectivity index (χ3v) is 0.876. The van der Waals surface area contributed by atoms with E-state index < -0.39 is 11.6 Å². The average Bonchev–Trinajstić information content (AvgIpc) is 1.64. The van der Waals surface area contributed by atoms with Crippen molar-refractivity contribution < 1.29 is 14.7 Å². The van der Waals surface area contributed by atoms with Gasteiger partial charge in [0.05, 0.1) is 0 Å². The average molecular weight is 127 g/mol. The van der Waals surface area contributed by atoms with Crippen LogP contribution in [0.3, 0.4) is 0 Å². The van der Waals surface area contributed by atoms with E-state index in [1.807, 2.05) is 0 Å². The van der Waals surface area contributed by atoms with Gasteiger partial charge >= 0.3 is 0 Å². The van der Waals surface area contributed by atoms with Gasteiger partial charge in [-0.15, -0.1) is 6.26 Å². The van der Waals surface area contributed by atoms with Crippen molar-refractivity contribution in [3.05, 3.63) is 11.8 Å². The van der Waals surface area contributed by atoms with Crippen LogP contribution in [-0.2, 0) is 9.59 Å². The second kappa shape index (κ2) is 3.02. The molecular formula is C6H7O3-. The van der Waals surface area contributed by atoms with Crippen LogP contribution >= 0.6 is 0 Å². The predicted octanol–water partition coefficient (Wildman–Crippen LogP) is -0.591. The molecular weight excluding hydrogens is 120 g/mol. The summed E-state index contributed by atoms with van der Waals surface area (Å²) in [4.78, 5) is 20.7. The Morgan fingerprint density at radius 1 is 1.22 bits per heavy atom. The van der Waals surface area contributed by atoms with E-state index in [0.717, 1.165) is 0 Å². The molecule has 0 spiro atoms. The van der Waals surface area contributed by atoms with Gasteiger partial charge in [-0.3, -0.25) is 9.59 Å². The van der Waals surface area contributed by atoms with Crippen molar-refractivity contribution >= 4 is 11.6 Å². The fourth-order valence-corrected chi connectivity index (χ4v) is 0.414. The Kier molecular flexibility index (Phi) is 2.64. The molecule has 0 amide bonds. The Hall–Kier alpha value is -1.12. The van der Waals surface area contributed by atoms with E-state index >= 15 is 0 Å². The highest BCUT2D eigenvalue weighted by molar-refractivity contribution is 6.18. The molecule has 0 aromatic carbocycles. The summed E-state index contributed by atoms with van der Waals surface area (Å²) >= 11 is 0. The molecule has 3 heteroatoms. The summed E-state index contributed by atoms with van der Waals surface area (Å²) in [5.41, 5.74) is -0.269. The van der Waals surface area contributed by atoms with Crippen molar-refractivity contribution in [2.45, 2.75) is 13.8 Å². The summed E-state index contributed by atoms with van der Waals surface area (Å²) in [5.74, 6) is -0.949. The molecule has 0 heterocycles. The maximum absolute atomic E-state index is 10.3. The molecule has 0 aromatic rings. The topological polar surface area (TPSA) is 57.2 Å². The third kappa shape index (κ3) is 2.08. The molecule has 0 unspecified atom stereocenters. The van der Waals surface area contributed by atoms with Crippen molar-refractivity contribution in [2.24, 2.45) is 0 Å². The monoisotopic (exact) mass is 127 g/mol. The normalized spacial score (nSPS) is 8.22. The van der Waals surface area contributed by atoms with E-state index in [0.29, 0.717) is 0 Å². The van der Waals surface area contributed by atoms with Crippen LogP contribution in [0.2, 0.25) is 0 Å². The first kappa shape index (κ1) is 7.88. The number of hydrogen-bond donors (Lipinski definition) is 0. The molecule has 0 rings (SSSR count). The molecule has 0 saturated carbocycles. The van der Waals surface area contributed by atoms with Gasteiger partial charge in [0.15, 0.2) is 11.6 Å². The minimum Gasteiger partial charge on any atom is -0.877 e. The van der Waals surface area contributed by atoms with E-state index in [9.17, 15) is 14.7 Å². The Morgan fingerprint density at radius 3 is 1.56 bits per heavy atom. The van der Waals surface area contributed by atoms with E-state index in [1.165, 1.54) is 13.8 Å². The number of carbonyl (C=O) groups is 2. The van der Waals surface area contributed by atoms with E-state index in [1.54, 1.807) is 0 Å². The Balaban J connectivity index is 4.38. The van der Waals surface area contributed by atoms with Gasteiger partial charge in [0.2, 0.25) is 0 Å². The molecule has 9 heavy (non-hydrogen) atoms. The number of ketones is 2. The SMILES string of the molecule is CC(=O)C(=C[O-])C(C)=O. The Bertz CT molecular complexity index is 151. The summed E-state index contributed by atoms with van der Waals surface area (Å²) < 4.78 is 0. The molecule has 0 aliphatic rings. The molecule has 0 aromatic heterocycles. The standard InChI is InChI=1S/C6H8O3/c1-4(8)6(3-7)5(2)9/h3,7H,1-2H3/p-1. The van der Waals surface area contributed by atoms with Crippen molar-refractivity contribution in [3.8, 4) is 0 Å². The molecule has 0 N–H and O–H groups in total. The first-order valence-electron chi connectivity index (χ1n) is 2.43. The minimum absolute atomic E-state index is 0.269. The quantitative estimate of drug-likeness (QED) is 0.215. The van der Waals surface area contributed by atoms with Crippen molar-refractivity contribution in [2.75, 3.05) is 0 Å². The van der Waals surface area contributed by atoms with E-state index in [-0.39, 0.29) is 11.8 Å². The van der Waals surface area contributed by atoms with Gasteiger partial charge in [-0.2, -0.15) is 0 Å². The van der Waals surface area contributed by atoms with Crippen molar-refractivity contribution in [1.29, 1.82) is 0 Å². The predicted molar refractivity (Wildman–Crippen MR) is 29.4 cm³/mol. The lowest BCUT2D eigenvalue weighted by atomic mass is 10.1. The summed E-state index contributed by atoms with van der Waals surface area (Å²) in [6, 6.07) is 0. The minimum atomic E-state index is -0.475. The molecule has 0 saturated heterocycles. The van der Waals surface area contributed by atoms with E-state index in [2.05, 4.69) is 0 Å². The zero-order valence-electron chi connectivity index (χ0n) is 5.30. The number of carbonyl (C=O) groups excluding carboxylic acids is 2. The fourth-order valence-electron chi connectivity index (χ4n) is 0.414. The van der Waals surface area contributed by atoms with Crippen LogP contribution in [0.1, 0.15) is 13.8 Å². The Labute approximate surface area is 53.0 Å². The third-order valence-electron chi connectivity index (χ3n) is 0.876. The zero-order valence-corrected chi connectivity index (χ0v) is 5.30. The molecule has 0 atom stereocenters. The summed E-state index contributed by atoms with van der Waals surface area (Å²) in [5, 5.41) is 9.91. The molecule has 0 aliphatic carbocycles. The number of hydrogen-bond acceptors (Lipinski definition) is 3. The van der Waals surface area contributed by atoms with Crippen LogP contribution in [-0.4, -0.2) is 11.6 Å². The van der Waals surface area contributed by atoms with Crippen LogP contribution in [0.25, 0.3) is 0 Å². The van der Waals surface area contributed by atoms with E-state index in [4.69, 9.17) is 0 Å². The molecule has 3 nitrogen and oxygen atoms in total. The zero-order chi connectivity index (χ0) is 7.44. The first-order chi connectivity index (χ1) is 4.09. The lowest BCUT2D eigenvalue weighted by Gasteiger charge is -1.98. The van der Waals surface area contributed by atoms with Gasteiger partial charge in [-0.25, -0.2) is 0 Å². The summed E-state index contributed by atoms with van der Waals surface area (Å²) in [6.45, 7) is 2.37. The highest BCUT2D eigenvalue weighted by Crippen LogP contribution is 1.93. The maximum atomic E-state index is 10.3. The fraction of sp³-hybridized carbons (Fsp3) is 0.333. The van der Waals surface area contributed by atoms with Crippen LogP contribution in [0.4, 0.5) is 0 Å². The van der Waals surface area contributed by atoms with Crippen molar-refractivity contribution in [1.82, 2.24) is 0 Å². The second-order valence-electron chi connectivity index (χ2n) is 1.64.